The van der Waals surface area contributed by atoms with E-state index < -0.39 is 0 Å². The number of allylic oxidation sites excluding steroid dienone is 6. The maximum absolute atomic E-state index is 5.10. The molecule has 0 unspecified atom stereocenters. The molecule has 1 heteroatoms. The summed E-state index contributed by atoms with van der Waals surface area (Å²) in [6.45, 7) is 0. The van der Waals surface area contributed by atoms with Crippen molar-refractivity contribution in [1.29, 1.82) is 0 Å². The van der Waals surface area contributed by atoms with Crippen molar-refractivity contribution in [3.63, 3.8) is 0 Å². The van der Waals surface area contributed by atoms with Crippen LogP contribution < -0.4 is 0 Å². The molecular formula is C15H15O. The fourth-order valence-electron chi connectivity index (χ4n) is 2.44. The third-order valence-electron chi connectivity index (χ3n) is 3.36. The summed E-state index contributed by atoms with van der Waals surface area (Å²) in [6, 6.07) is 1.99. The number of hydrogen-bond acceptors (Lipinski definition) is 1. The molecule has 0 saturated heterocycles. The Morgan fingerprint density at radius 1 is 1.06 bits per heavy atom. The highest BCUT2D eigenvalue weighted by Gasteiger charge is 2.13. The first-order chi connectivity index (χ1) is 7.93. The van der Waals surface area contributed by atoms with Crippen molar-refractivity contribution < 1.29 is 4.42 Å². The zero-order chi connectivity index (χ0) is 10.8. The van der Waals surface area contributed by atoms with Gasteiger partial charge in [-0.3, -0.25) is 0 Å². The second-order valence-corrected chi connectivity index (χ2v) is 4.46. The lowest BCUT2D eigenvalue weighted by Crippen LogP contribution is -1.95. The Bertz CT molecular complexity index is 450. The van der Waals surface area contributed by atoms with E-state index in [4.69, 9.17) is 4.42 Å². The van der Waals surface area contributed by atoms with Gasteiger partial charge in [0, 0.05) is 5.56 Å². The number of hydrogen-bond donors (Lipinski definition) is 0. The molecule has 1 aromatic heterocycles. The summed E-state index contributed by atoms with van der Waals surface area (Å²) < 4.78 is 5.10. The van der Waals surface area contributed by atoms with Gasteiger partial charge in [0.25, 0.3) is 0 Å². The maximum atomic E-state index is 5.10. The number of furan rings is 1. The second-order valence-electron chi connectivity index (χ2n) is 4.46. The van der Waals surface area contributed by atoms with Gasteiger partial charge >= 0.3 is 0 Å². The van der Waals surface area contributed by atoms with Crippen LogP contribution in [-0.2, 0) is 0 Å². The molecule has 1 nitrogen and oxygen atoms in total. The predicted molar refractivity (Wildman–Crippen MR) is 64.6 cm³/mol. The van der Waals surface area contributed by atoms with Crippen molar-refractivity contribution in [2.45, 2.75) is 32.1 Å². The van der Waals surface area contributed by atoms with Gasteiger partial charge in [-0.2, -0.15) is 0 Å². The molecule has 1 radical (unpaired) electrons. The van der Waals surface area contributed by atoms with Crippen LogP contribution in [0.2, 0.25) is 0 Å². The minimum absolute atomic E-state index is 1.13. The van der Waals surface area contributed by atoms with Gasteiger partial charge in [0.1, 0.15) is 0 Å². The molecule has 1 aromatic rings. The van der Waals surface area contributed by atoms with E-state index in [9.17, 15) is 0 Å². The fraction of sp³-hybridized carbons (Fsp3) is 0.333. The molecule has 0 amide bonds. The van der Waals surface area contributed by atoms with E-state index in [1.165, 1.54) is 37.7 Å². The zero-order valence-electron chi connectivity index (χ0n) is 9.33. The van der Waals surface area contributed by atoms with Gasteiger partial charge in [-0.05, 0) is 49.0 Å². The van der Waals surface area contributed by atoms with Gasteiger partial charge in [-0.1, -0.05) is 24.1 Å². The van der Waals surface area contributed by atoms with E-state index in [1.54, 1.807) is 18.1 Å². The lowest BCUT2D eigenvalue weighted by Gasteiger charge is -2.14. The molecule has 3 rings (SSSR count). The zero-order valence-corrected chi connectivity index (χ0v) is 9.33. The molecule has 1 saturated carbocycles. The summed E-state index contributed by atoms with van der Waals surface area (Å²) in [7, 11) is 0. The van der Waals surface area contributed by atoms with Gasteiger partial charge in [-0.25, -0.2) is 0 Å². The van der Waals surface area contributed by atoms with E-state index >= 15 is 0 Å². The molecule has 1 fully saturated rings. The van der Waals surface area contributed by atoms with Crippen LogP contribution in [0, 0.1) is 6.08 Å². The van der Waals surface area contributed by atoms with Gasteiger partial charge in [0.05, 0.1) is 12.5 Å². The van der Waals surface area contributed by atoms with Crippen molar-refractivity contribution in [2.75, 3.05) is 0 Å². The smallest absolute Gasteiger partial charge is 0.0981 e. The number of rotatable bonds is 1. The SMILES string of the molecule is [C]1=C(c2ccoc2)C=CC1=C1CCCCC1. The van der Waals surface area contributed by atoms with Crippen LogP contribution in [0.3, 0.4) is 0 Å². The first-order valence-electron chi connectivity index (χ1n) is 6.00. The first-order valence-corrected chi connectivity index (χ1v) is 6.00. The highest BCUT2D eigenvalue weighted by Crippen LogP contribution is 2.32. The third-order valence-corrected chi connectivity index (χ3v) is 3.36. The van der Waals surface area contributed by atoms with E-state index in [1.807, 2.05) is 6.07 Å². The lowest BCUT2D eigenvalue weighted by molar-refractivity contribution is 0.566. The summed E-state index contributed by atoms with van der Waals surface area (Å²) in [5, 5.41) is 0. The highest BCUT2D eigenvalue weighted by molar-refractivity contribution is 5.78. The fourth-order valence-corrected chi connectivity index (χ4v) is 2.44. The third kappa shape index (κ3) is 1.78. The van der Waals surface area contributed by atoms with E-state index in [0.29, 0.717) is 0 Å². The molecule has 0 aliphatic heterocycles. The summed E-state index contributed by atoms with van der Waals surface area (Å²) >= 11 is 0. The Kier molecular flexibility index (Phi) is 2.53. The average molecular weight is 211 g/mol. The predicted octanol–water partition coefficient (Wildman–Crippen LogP) is 4.30. The second kappa shape index (κ2) is 4.17. The van der Waals surface area contributed by atoms with Gasteiger partial charge in [-0.15, -0.1) is 0 Å². The molecule has 1 heterocycles. The summed E-state index contributed by atoms with van der Waals surface area (Å²) in [4.78, 5) is 0. The summed E-state index contributed by atoms with van der Waals surface area (Å²) in [5.74, 6) is 0. The molecule has 0 bridgehead atoms. The quantitative estimate of drug-likeness (QED) is 0.675. The van der Waals surface area contributed by atoms with Gasteiger partial charge in [0.2, 0.25) is 0 Å². The van der Waals surface area contributed by atoms with Crippen LogP contribution in [0.4, 0.5) is 0 Å². The van der Waals surface area contributed by atoms with Gasteiger partial charge in [0.15, 0.2) is 0 Å². The Morgan fingerprint density at radius 3 is 2.69 bits per heavy atom. The summed E-state index contributed by atoms with van der Waals surface area (Å²) in [5.41, 5.74) is 5.18. The molecule has 0 spiro atoms. The molecule has 2 aliphatic carbocycles. The maximum Gasteiger partial charge on any atom is 0.0981 e. The normalized spacial score (nSPS) is 20.4. The lowest BCUT2D eigenvalue weighted by atomic mass is 9.91. The van der Waals surface area contributed by atoms with Crippen molar-refractivity contribution in [1.82, 2.24) is 0 Å². The average Bonchev–Trinajstić information content (AvgIpc) is 3.01. The van der Waals surface area contributed by atoms with Crippen molar-refractivity contribution >= 4 is 5.57 Å². The molecule has 2 aliphatic rings. The Hall–Kier alpha value is -1.50. The minimum atomic E-state index is 1.13. The molecular weight excluding hydrogens is 196 g/mol. The van der Waals surface area contributed by atoms with Gasteiger partial charge < -0.3 is 4.42 Å². The standard InChI is InChI=1S/C15H15O/c1-2-4-12(5-3-1)13-6-7-14(10-13)15-8-9-16-11-15/h6-9,11H,1-5H2. The first kappa shape index (κ1) is 9.71. The topological polar surface area (TPSA) is 13.1 Å². The Morgan fingerprint density at radius 2 is 1.94 bits per heavy atom. The molecule has 0 aromatic carbocycles. The molecule has 0 N–H and O–H groups in total. The van der Waals surface area contributed by atoms with Crippen molar-refractivity contribution in [3.05, 3.63) is 53.5 Å². The molecule has 0 atom stereocenters. The van der Waals surface area contributed by atoms with Crippen LogP contribution in [0.1, 0.15) is 37.7 Å². The van der Waals surface area contributed by atoms with Crippen molar-refractivity contribution in [2.24, 2.45) is 0 Å². The van der Waals surface area contributed by atoms with Crippen LogP contribution in [0.25, 0.3) is 5.57 Å². The van der Waals surface area contributed by atoms with E-state index in [2.05, 4.69) is 18.2 Å². The van der Waals surface area contributed by atoms with E-state index in [-0.39, 0.29) is 0 Å². The summed E-state index contributed by atoms with van der Waals surface area (Å²) in [6.07, 6.45) is 17.9. The van der Waals surface area contributed by atoms with Crippen LogP contribution in [0.15, 0.2) is 46.3 Å². The largest absolute Gasteiger partial charge is 0.472 e. The van der Waals surface area contributed by atoms with Crippen LogP contribution in [-0.4, -0.2) is 0 Å². The van der Waals surface area contributed by atoms with Crippen LogP contribution >= 0.6 is 0 Å². The van der Waals surface area contributed by atoms with Crippen LogP contribution in [0.5, 0.6) is 0 Å². The van der Waals surface area contributed by atoms with E-state index in [0.717, 1.165) is 11.1 Å². The molecule has 81 valence electrons. The minimum Gasteiger partial charge on any atom is -0.472 e. The highest BCUT2D eigenvalue weighted by atomic mass is 16.3. The molecule has 16 heavy (non-hydrogen) atoms. The Labute approximate surface area is 96.2 Å². The Balaban J connectivity index is 1.89. The van der Waals surface area contributed by atoms with Crippen molar-refractivity contribution in [3.8, 4) is 0 Å². The monoisotopic (exact) mass is 211 g/mol.